The number of benzene rings is 3. The van der Waals surface area contributed by atoms with Crippen molar-refractivity contribution in [2.75, 3.05) is 13.2 Å². The van der Waals surface area contributed by atoms with E-state index in [1.54, 1.807) is 6.92 Å². The second-order valence-corrected chi connectivity index (χ2v) is 7.64. The smallest absolute Gasteiger partial charge is 0.344 e. The lowest BCUT2D eigenvalue weighted by molar-refractivity contribution is -0.145. The molecule has 160 valence electrons. The van der Waals surface area contributed by atoms with Crippen LogP contribution in [0.5, 0.6) is 5.75 Å². The average Bonchev–Trinajstić information content (AvgIpc) is 3.44. The van der Waals surface area contributed by atoms with Gasteiger partial charge in [-0.3, -0.25) is 0 Å². The Morgan fingerprint density at radius 3 is 1.97 bits per heavy atom. The van der Waals surface area contributed by atoms with Gasteiger partial charge in [0, 0.05) is 45.7 Å². The summed E-state index contributed by atoms with van der Waals surface area (Å²) in [7, 11) is 0. The van der Waals surface area contributed by atoms with Gasteiger partial charge in [-0.15, -0.1) is 0 Å². The number of H-pyrrole nitrogens is 2. The summed E-state index contributed by atoms with van der Waals surface area (Å²) in [6, 6.07) is 24.5. The third-order valence-corrected chi connectivity index (χ3v) is 5.75. The largest absolute Gasteiger partial charge is 0.482 e. The van der Waals surface area contributed by atoms with E-state index in [-0.39, 0.29) is 18.5 Å². The summed E-state index contributed by atoms with van der Waals surface area (Å²) in [6.45, 7) is 1.99. The first-order valence-corrected chi connectivity index (χ1v) is 10.8. The van der Waals surface area contributed by atoms with Crippen molar-refractivity contribution >= 4 is 27.8 Å². The first-order chi connectivity index (χ1) is 15.8. The van der Waals surface area contributed by atoms with E-state index < -0.39 is 0 Å². The number of nitrogens with one attached hydrogen (secondary N) is 2. The Kier molecular flexibility index (Phi) is 5.38. The predicted molar refractivity (Wildman–Crippen MR) is 126 cm³/mol. The van der Waals surface area contributed by atoms with E-state index in [0.29, 0.717) is 12.4 Å². The van der Waals surface area contributed by atoms with Crippen LogP contribution in [-0.4, -0.2) is 29.2 Å². The first kappa shape index (κ1) is 19.9. The van der Waals surface area contributed by atoms with Crippen molar-refractivity contribution in [3.8, 4) is 5.75 Å². The molecular weight excluding hydrogens is 400 g/mol. The lowest BCUT2D eigenvalue weighted by Crippen LogP contribution is -2.16. The number of aromatic amines is 2. The molecular formula is C27H24N2O3. The van der Waals surface area contributed by atoms with Crippen LogP contribution in [0, 0.1) is 0 Å². The highest BCUT2D eigenvalue weighted by Crippen LogP contribution is 2.42. The number of rotatable bonds is 7. The maximum Gasteiger partial charge on any atom is 0.344 e. The Hall–Kier alpha value is -3.99. The van der Waals surface area contributed by atoms with Crippen LogP contribution in [0.4, 0.5) is 0 Å². The van der Waals surface area contributed by atoms with Crippen molar-refractivity contribution in [3.05, 3.63) is 102 Å². The van der Waals surface area contributed by atoms with Crippen LogP contribution < -0.4 is 4.74 Å². The van der Waals surface area contributed by atoms with Crippen LogP contribution in [0.15, 0.2) is 85.2 Å². The molecule has 0 saturated carbocycles. The van der Waals surface area contributed by atoms with Crippen molar-refractivity contribution < 1.29 is 14.3 Å². The molecule has 0 aliphatic carbocycles. The molecule has 0 radical (unpaired) electrons. The molecule has 5 heteroatoms. The molecule has 0 bridgehead atoms. The molecule has 5 aromatic rings. The number of esters is 1. The highest BCUT2D eigenvalue weighted by Gasteiger charge is 2.26. The van der Waals surface area contributed by atoms with Crippen molar-refractivity contribution in [2.24, 2.45) is 0 Å². The van der Waals surface area contributed by atoms with Gasteiger partial charge in [-0.25, -0.2) is 4.79 Å². The van der Waals surface area contributed by atoms with Gasteiger partial charge in [0.15, 0.2) is 6.61 Å². The van der Waals surface area contributed by atoms with Crippen molar-refractivity contribution in [1.29, 1.82) is 0 Å². The number of hydrogen-bond donors (Lipinski definition) is 2. The summed E-state index contributed by atoms with van der Waals surface area (Å²) < 4.78 is 11.0. The molecule has 0 spiro atoms. The Balaban J connectivity index is 1.67. The van der Waals surface area contributed by atoms with E-state index in [9.17, 15) is 4.79 Å². The van der Waals surface area contributed by atoms with E-state index in [1.165, 1.54) is 0 Å². The highest BCUT2D eigenvalue weighted by molar-refractivity contribution is 5.89. The third-order valence-electron chi connectivity index (χ3n) is 5.75. The first-order valence-electron chi connectivity index (χ1n) is 10.8. The van der Waals surface area contributed by atoms with E-state index in [0.717, 1.165) is 38.5 Å². The standard InChI is InChI=1S/C27H24N2O3/c1-2-31-26(30)17-32-25-14-8-5-11-20(25)27(21-15-28-23-12-6-3-9-18(21)23)22-16-29-24-13-7-4-10-19(22)24/h3-16,27-29H,2,17H2,1H3. The van der Waals surface area contributed by atoms with Gasteiger partial charge < -0.3 is 19.4 Å². The molecule has 3 aromatic carbocycles. The SMILES string of the molecule is CCOC(=O)COc1ccccc1C(c1c[nH]c2ccccc12)c1c[nH]c2ccccc12. The van der Waals surface area contributed by atoms with E-state index >= 15 is 0 Å². The minimum atomic E-state index is -0.377. The zero-order valence-electron chi connectivity index (χ0n) is 17.8. The monoisotopic (exact) mass is 424 g/mol. The molecule has 0 aliphatic heterocycles. The third kappa shape index (κ3) is 3.62. The topological polar surface area (TPSA) is 67.1 Å². The lowest BCUT2D eigenvalue weighted by Gasteiger charge is -2.20. The number of para-hydroxylation sites is 3. The predicted octanol–water partition coefficient (Wildman–Crippen LogP) is 5.77. The fourth-order valence-electron chi connectivity index (χ4n) is 4.36. The molecule has 0 atom stereocenters. The molecule has 2 aromatic heterocycles. The van der Waals surface area contributed by atoms with Crippen LogP contribution in [-0.2, 0) is 9.53 Å². The van der Waals surface area contributed by atoms with E-state index in [4.69, 9.17) is 9.47 Å². The van der Waals surface area contributed by atoms with Gasteiger partial charge in [0.1, 0.15) is 5.75 Å². The van der Waals surface area contributed by atoms with Gasteiger partial charge in [-0.1, -0.05) is 54.6 Å². The summed E-state index contributed by atoms with van der Waals surface area (Å²) >= 11 is 0. The summed E-state index contributed by atoms with van der Waals surface area (Å²) in [5, 5.41) is 2.31. The van der Waals surface area contributed by atoms with Gasteiger partial charge in [-0.05, 0) is 36.2 Å². The molecule has 0 unspecified atom stereocenters. The summed E-state index contributed by atoms with van der Waals surface area (Å²) in [5.41, 5.74) is 5.45. The fourth-order valence-corrected chi connectivity index (χ4v) is 4.36. The molecule has 5 rings (SSSR count). The number of carbonyl (C=O) groups excluding carboxylic acids is 1. The summed E-state index contributed by atoms with van der Waals surface area (Å²) in [6.07, 6.45) is 4.14. The number of fused-ring (bicyclic) bond motifs is 2. The van der Waals surface area contributed by atoms with Crippen LogP contribution in [0.2, 0.25) is 0 Å². The maximum atomic E-state index is 11.9. The Morgan fingerprint density at radius 1 is 0.781 bits per heavy atom. The molecule has 0 aliphatic rings. The molecule has 5 nitrogen and oxygen atoms in total. The molecule has 0 fully saturated rings. The van der Waals surface area contributed by atoms with Gasteiger partial charge in [0.05, 0.1) is 6.61 Å². The Bertz CT molecular complexity index is 1310. The number of ether oxygens (including phenoxy) is 2. The zero-order chi connectivity index (χ0) is 21.9. The quantitative estimate of drug-likeness (QED) is 0.326. The van der Waals surface area contributed by atoms with Gasteiger partial charge in [0.25, 0.3) is 0 Å². The highest BCUT2D eigenvalue weighted by atomic mass is 16.6. The average molecular weight is 425 g/mol. The maximum absolute atomic E-state index is 11.9. The lowest BCUT2D eigenvalue weighted by atomic mass is 9.84. The second kappa shape index (κ2) is 8.63. The molecule has 0 saturated heterocycles. The molecule has 2 heterocycles. The van der Waals surface area contributed by atoms with Gasteiger partial charge in [-0.2, -0.15) is 0 Å². The van der Waals surface area contributed by atoms with Crippen LogP contribution in [0.3, 0.4) is 0 Å². The second-order valence-electron chi connectivity index (χ2n) is 7.64. The van der Waals surface area contributed by atoms with E-state index in [2.05, 4.69) is 64.8 Å². The number of aromatic nitrogens is 2. The number of carbonyl (C=O) groups is 1. The van der Waals surface area contributed by atoms with Crippen molar-refractivity contribution in [2.45, 2.75) is 12.8 Å². The fraction of sp³-hybridized carbons (Fsp3) is 0.148. The Morgan fingerprint density at radius 2 is 1.34 bits per heavy atom. The molecule has 32 heavy (non-hydrogen) atoms. The van der Waals surface area contributed by atoms with Crippen LogP contribution >= 0.6 is 0 Å². The normalized spacial score (nSPS) is 11.3. The van der Waals surface area contributed by atoms with Gasteiger partial charge in [0.2, 0.25) is 0 Å². The van der Waals surface area contributed by atoms with Crippen molar-refractivity contribution in [1.82, 2.24) is 9.97 Å². The Labute approximate surface area is 186 Å². The summed E-state index contributed by atoms with van der Waals surface area (Å²) in [4.78, 5) is 18.8. The van der Waals surface area contributed by atoms with Crippen LogP contribution in [0.1, 0.15) is 29.5 Å². The minimum Gasteiger partial charge on any atom is -0.482 e. The van der Waals surface area contributed by atoms with Gasteiger partial charge >= 0.3 is 5.97 Å². The number of hydrogen-bond acceptors (Lipinski definition) is 3. The van der Waals surface area contributed by atoms with Crippen LogP contribution in [0.25, 0.3) is 21.8 Å². The van der Waals surface area contributed by atoms with E-state index in [1.807, 2.05) is 30.3 Å². The minimum absolute atomic E-state index is 0.0966. The molecule has 2 N–H and O–H groups in total. The molecule has 0 amide bonds. The summed E-state index contributed by atoms with van der Waals surface area (Å²) in [5.74, 6) is 0.194. The zero-order valence-corrected chi connectivity index (χ0v) is 17.8. The van der Waals surface area contributed by atoms with Crippen molar-refractivity contribution in [3.63, 3.8) is 0 Å².